The fourth-order valence-electron chi connectivity index (χ4n) is 3.83. The van der Waals surface area contributed by atoms with E-state index in [0.29, 0.717) is 13.0 Å². The number of carbonyl (C=O) groups is 1. The molecule has 152 valence electrons. The number of benzene rings is 2. The van der Waals surface area contributed by atoms with Crippen molar-refractivity contribution in [1.29, 1.82) is 0 Å². The highest BCUT2D eigenvalue weighted by Crippen LogP contribution is 2.32. The first-order chi connectivity index (χ1) is 14.1. The number of amides is 1. The summed E-state index contributed by atoms with van der Waals surface area (Å²) in [5, 5.41) is 8.64. The van der Waals surface area contributed by atoms with Crippen LogP contribution in [0.15, 0.2) is 46.9 Å². The molecule has 0 radical (unpaired) electrons. The average molecular weight is 459 g/mol. The van der Waals surface area contributed by atoms with Crippen molar-refractivity contribution in [3.63, 3.8) is 0 Å². The van der Waals surface area contributed by atoms with E-state index in [-0.39, 0.29) is 18.3 Å². The fourth-order valence-corrected chi connectivity index (χ4v) is 4.24. The number of rotatable bonds is 7. The van der Waals surface area contributed by atoms with E-state index in [0.717, 1.165) is 39.7 Å². The van der Waals surface area contributed by atoms with E-state index in [9.17, 15) is 4.79 Å². The van der Waals surface area contributed by atoms with Crippen molar-refractivity contribution >= 4 is 33.1 Å². The molecule has 8 heteroatoms. The van der Waals surface area contributed by atoms with Crippen LogP contribution >= 0.6 is 15.9 Å². The van der Waals surface area contributed by atoms with Crippen LogP contribution in [-0.2, 0) is 11.2 Å². The van der Waals surface area contributed by atoms with E-state index >= 15 is 0 Å². The Kier molecular flexibility index (Phi) is 5.71. The van der Waals surface area contributed by atoms with Crippen LogP contribution in [0.3, 0.4) is 0 Å². The monoisotopic (exact) mass is 458 g/mol. The molecule has 0 saturated carbocycles. The maximum absolute atomic E-state index is 12.7. The molecule has 4 rings (SSSR count). The predicted octanol–water partition coefficient (Wildman–Crippen LogP) is 4.56. The van der Waals surface area contributed by atoms with Gasteiger partial charge in [0.15, 0.2) is 0 Å². The van der Waals surface area contributed by atoms with Crippen LogP contribution in [-0.4, -0.2) is 45.7 Å². The van der Waals surface area contributed by atoms with Crippen molar-refractivity contribution in [3.05, 3.63) is 52.5 Å². The van der Waals surface area contributed by atoms with E-state index in [1.807, 2.05) is 52.0 Å². The number of hydrogen-bond acceptors (Lipinski definition) is 5. The van der Waals surface area contributed by atoms with Crippen LogP contribution in [0.25, 0.3) is 11.0 Å². The van der Waals surface area contributed by atoms with Crippen molar-refractivity contribution < 1.29 is 14.3 Å². The third kappa shape index (κ3) is 3.81. The first-order valence-corrected chi connectivity index (χ1v) is 10.5. The van der Waals surface area contributed by atoms with Crippen molar-refractivity contribution in [2.75, 3.05) is 13.7 Å². The number of aromatic nitrogens is 3. The number of methoxy groups -OCH3 is 1. The summed E-state index contributed by atoms with van der Waals surface area (Å²) in [6.45, 7) is 2.44. The molecule has 1 aliphatic heterocycles. The molecule has 0 spiro atoms. The zero-order valence-electron chi connectivity index (χ0n) is 16.4. The molecule has 2 aromatic carbocycles. The zero-order valence-corrected chi connectivity index (χ0v) is 18.0. The number of fused-ring (bicyclic) bond motifs is 1. The molecule has 1 amide bonds. The Hall–Kier alpha value is -2.61. The van der Waals surface area contributed by atoms with Gasteiger partial charge in [-0.05, 0) is 48.7 Å². The lowest BCUT2D eigenvalue weighted by Gasteiger charge is -2.31. The van der Waals surface area contributed by atoms with Gasteiger partial charge < -0.3 is 9.47 Å². The second kappa shape index (κ2) is 8.41. The normalized spacial score (nSPS) is 17.6. The summed E-state index contributed by atoms with van der Waals surface area (Å²) >= 11 is 3.61. The maximum atomic E-state index is 12.7. The summed E-state index contributed by atoms with van der Waals surface area (Å²) in [5.74, 6) is 0.785. The molecule has 7 nitrogen and oxygen atoms in total. The van der Waals surface area contributed by atoms with Gasteiger partial charge in [-0.1, -0.05) is 46.6 Å². The molecule has 29 heavy (non-hydrogen) atoms. The minimum Gasteiger partial charge on any atom is -0.497 e. The molecular formula is C21H23BrN4O3. The van der Waals surface area contributed by atoms with Gasteiger partial charge in [-0.25, -0.2) is 9.48 Å². The number of halogens is 1. The number of cyclic esters (lactones) is 1. The molecule has 2 atom stereocenters. The Morgan fingerprint density at radius 1 is 1.31 bits per heavy atom. The van der Waals surface area contributed by atoms with Crippen LogP contribution in [0, 0.1) is 0 Å². The second-order valence-corrected chi connectivity index (χ2v) is 7.95. The summed E-state index contributed by atoms with van der Waals surface area (Å²) in [7, 11) is 1.65. The molecule has 0 N–H and O–H groups in total. The standard InChI is InChI=1S/C21H23BrN4O3/c1-3-6-20(26-19-8-5-4-7-18(19)23-24-26)25-15(13-29-21(25)27)11-14-12-16(28-2)9-10-17(14)22/h4-5,7-10,12,15,20H,3,6,11,13H2,1-2H3. The Bertz CT molecular complexity index is 1020. The second-order valence-electron chi connectivity index (χ2n) is 7.09. The smallest absolute Gasteiger partial charge is 0.411 e. The highest BCUT2D eigenvalue weighted by molar-refractivity contribution is 9.10. The van der Waals surface area contributed by atoms with Crippen molar-refractivity contribution in [1.82, 2.24) is 19.9 Å². The van der Waals surface area contributed by atoms with Gasteiger partial charge in [0.25, 0.3) is 0 Å². The van der Waals surface area contributed by atoms with Gasteiger partial charge in [-0.15, -0.1) is 5.10 Å². The highest BCUT2D eigenvalue weighted by atomic mass is 79.9. The van der Waals surface area contributed by atoms with Crippen LogP contribution < -0.4 is 4.74 Å². The van der Waals surface area contributed by atoms with Crippen LogP contribution in [0.4, 0.5) is 4.79 Å². The van der Waals surface area contributed by atoms with Gasteiger partial charge in [0.05, 0.1) is 18.7 Å². The van der Waals surface area contributed by atoms with E-state index in [2.05, 4.69) is 33.2 Å². The number of ether oxygens (including phenoxy) is 2. The summed E-state index contributed by atoms with van der Waals surface area (Å²) in [5.41, 5.74) is 2.79. The van der Waals surface area contributed by atoms with Crippen molar-refractivity contribution in [3.8, 4) is 5.75 Å². The van der Waals surface area contributed by atoms with Crippen LogP contribution in [0.1, 0.15) is 31.5 Å². The molecular weight excluding hydrogens is 436 g/mol. The van der Waals surface area contributed by atoms with E-state index in [1.54, 1.807) is 7.11 Å². The molecule has 0 aliphatic carbocycles. The summed E-state index contributed by atoms with van der Waals surface area (Å²) in [4.78, 5) is 14.6. The Labute approximate surface area is 177 Å². The third-order valence-corrected chi connectivity index (χ3v) is 6.01. The number of hydrogen-bond donors (Lipinski definition) is 0. The highest BCUT2D eigenvalue weighted by Gasteiger charge is 2.39. The van der Waals surface area contributed by atoms with E-state index < -0.39 is 0 Å². The third-order valence-electron chi connectivity index (χ3n) is 5.24. The molecule has 2 heterocycles. The van der Waals surface area contributed by atoms with Gasteiger partial charge in [0.1, 0.15) is 24.0 Å². The first kappa shape index (κ1) is 19.7. The van der Waals surface area contributed by atoms with Gasteiger partial charge in [0, 0.05) is 4.47 Å². The molecule has 3 aromatic rings. The SMILES string of the molecule is CCCC(N1C(=O)OCC1Cc1cc(OC)ccc1Br)n1nnc2ccccc21. The topological polar surface area (TPSA) is 69.5 Å². The lowest BCUT2D eigenvalue weighted by Crippen LogP contribution is -2.41. The molecule has 1 saturated heterocycles. The molecule has 0 bridgehead atoms. The lowest BCUT2D eigenvalue weighted by atomic mass is 10.0. The van der Waals surface area contributed by atoms with Gasteiger partial charge >= 0.3 is 6.09 Å². The quantitative estimate of drug-likeness (QED) is 0.518. The van der Waals surface area contributed by atoms with Crippen molar-refractivity contribution in [2.45, 2.75) is 38.4 Å². The Morgan fingerprint density at radius 2 is 2.14 bits per heavy atom. The zero-order chi connectivity index (χ0) is 20.4. The van der Waals surface area contributed by atoms with Gasteiger partial charge in [-0.2, -0.15) is 0 Å². The number of nitrogens with zero attached hydrogens (tertiary/aromatic N) is 4. The predicted molar refractivity (Wildman–Crippen MR) is 113 cm³/mol. The van der Waals surface area contributed by atoms with E-state index in [1.165, 1.54) is 0 Å². The molecule has 1 aromatic heterocycles. The fraction of sp³-hybridized carbons (Fsp3) is 0.381. The maximum Gasteiger partial charge on any atom is 0.411 e. The lowest BCUT2D eigenvalue weighted by molar-refractivity contribution is 0.113. The summed E-state index contributed by atoms with van der Waals surface area (Å²) < 4.78 is 13.7. The van der Waals surface area contributed by atoms with E-state index in [4.69, 9.17) is 9.47 Å². The molecule has 2 unspecified atom stereocenters. The molecule has 1 fully saturated rings. The Balaban J connectivity index is 1.68. The largest absolute Gasteiger partial charge is 0.497 e. The van der Waals surface area contributed by atoms with Gasteiger partial charge in [0.2, 0.25) is 0 Å². The van der Waals surface area contributed by atoms with Crippen molar-refractivity contribution in [2.24, 2.45) is 0 Å². The van der Waals surface area contributed by atoms with Crippen LogP contribution in [0.5, 0.6) is 5.75 Å². The Morgan fingerprint density at radius 3 is 2.93 bits per heavy atom. The number of carbonyl (C=O) groups excluding carboxylic acids is 1. The molecule has 1 aliphatic rings. The minimum atomic E-state index is -0.313. The summed E-state index contributed by atoms with van der Waals surface area (Å²) in [6.07, 6.45) is 1.75. The minimum absolute atomic E-state index is 0.106. The van der Waals surface area contributed by atoms with Crippen LogP contribution in [0.2, 0.25) is 0 Å². The number of para-hydroxylation sites is 1. The van der Waals surface area contributed by atoms with Gasteiger partial charge in [-0.3, -0.25) is 4.90 Å². The average Bonchev–Trinajstić information content (AvgIpc) is 3.32. The summed E-state index contributed by atoms with van der Waals surface area (Å²) in [6, 6.07) is 13.5. The first-order valence-electron chi connectivity index (χ1n) is 9.69.